The Balaban J connectivity index is 2.20. The van der Waals surface area contributed by atoms with Gasteiger partial charge in [0, 0.05) is 12.0 Å². The van der Waals surface area contributed by atoms with Crippen molar-refractivity contribution < 1.29 is 14.3 Å². The zero-order valence-electron chi connectivity index (χ0n) is 11.1. The molecule has 102 valence electrons. The lowest BCUT2D eigenvalue weighted by Gasteiger charge is -2.06. The van der Waals surface area contributed by atoms with Crippen molar-refractivity contribution in [3.05, 3.63) is 53.5 Å². The van der Waals surface area contributed by atoms with Crippen molar-refractivity contribution in [3.63, 3.8) is 0 Å². The number of amides is 1. The number of carbonyl (C=O) groups is 1. The number of hydrogen-bond acceptors (Lipinski definition) is 3. The average Bonchev–Trinajstić information content (AvgIpc) is 2.87. The highest BCUT2D eigenvalue weighted by molar-refractivity contribution is 6.05. The van der Waals surface area contributed by atoms with Gasteiger partial charge in [0.25, 0.3) is 5.91 Å². The Labute approximate surface area is 117 Å². The van der Waals surface area contributed by atoms with Crippen LogP contribution in [0.4, 0.5) is 5.69 Å². The lowest BCUT2D eigenvalue weighted by molar-refractivity contribution is 0.102. The summed E-state index contributed by atoms with van der Waals surface area (Å²) in [6.07, 6.45) is 1.89. The first-order valence-electron chi connectivity index (χ1n) is 6.26. The van der Waals surface area contributed by atoms with Crippen LogP contribution >= 0.6 is 0 Å². The topological polar surface area (TPSA) is 62.5 Å². The van der Waals surface area contributed by atoms with Crippen LogP contribution in [0.2, 0.25) is 0 Å². The summed E-state index contributed by atoms with van der Waals surface area (Å²) in [5.41, 5.74) is 1.86. The van der Waals surface area contributed by atoms with Crippen molar-refractivity contribution in [1.29, 1.82) is 0 Å². The molecule has 0 unspecified atom stereocenters. The number of rotatable bonds is 3. The zero-order chi connectivity index (χ0) is 14.4. The van der Waals surface area contributed by atoms with Crippen molar-refractivity contribution in [2.24, 2.45) is 0 Å². The van der Waals surface area contributed by atoms with Crippen LogP contribution < -0.4 is 5.32 Å². The summed E-state index contributed by atoms with van der Waals surface area (Å²) in [5, 5.41) is 11.5. The first-order chi connectivity index (χ1) is 9.72. The summed E-state index contributed by atoms with van der Waals surface area (Å²) < 4.78 is 5.12. The molecule has 1 heterocycles. The molecule has 0 aliphatic rings. The number of aryl methyl sites for hydroxylation is 1. The van der Waals surface area contributed by atoms with Gasteiger partial charge in [-0.1, -0.05) is 24.0 Å². The van der Waals surface area contributed by atoms with E-state index >= 15 is 0 Å². The van der Waals surface area contributed by atoms with E-state index in [0.717, 1.165) is 5.56 Å². The highest BCUT2D eigenvalue weighted by Gasteiger charge is 2.12. The largest absolute Gasteiger partial charge is 0.469 e. The molecule has 1 aromatic carbocycles. The lowest BCUT2D eigenvalue weighted by atomic mass is 10.1. The third-order valence-corrected chi connectivity index (χ3v) is 2.74. The Hall–Kier alpha value is -2.51. The van der Waals surface area contributed by atoms with Gasteiger partial charge in [-0.25, -0.2) is 0 Å². The molecule has 0 aliphatic carbocycles. The summed E-state index contributed by atoms with van der Waals surface area (Å²) >= 11 is 0. The molecule has 0 saturated carbocycles. The SMILES string of the molecule is Cc1occc1C(=O)Nc1ccccc1C#CCCO. The molecule has 0 radical (unpaired) electrons. The monoisotopic (exact) mass is 269 g/mol. The summed E-state index contributed by atoms with van der Waals surface area (Å²) in [7, 11) is 0. The molecule has 20 heavy (non-hydrogen) atoms. The number of nitrogens with one attached hydrogen (secondary N) is 1. The number of carbonyl (C=O) groups excluding carboxylic acids is 1. The second-order valence-electron chi connectivity index (χ2n) is 4.17. The molecule has 0 atom stereocenters. The molecule has 4 nitrogen and oxygen atoms in total. The van der Waals surface area contributed by atoms with Gasteiger partial charge in [0.2, 0.25) is 0 Å². The van der Waals surface area contributed by atoms with E-state index in [0.29, 0.717) is 23.4 Å². The normalized spacial score (nSPS) is 9.70. The minimum Gasteiger partial charge on any atom is -0.469 e. The Morgan fingerprint density at radius 3 is 2.85 bits per heavy atom. The van der Waals surface area contributed by atoms with E-state index in [4.69, 9.17) is 9.52 Å². The predicted molar refractivity (Wildman–Crippen MR) is 76.4 cm³/mol. The maximum Gasteiger partial charge on any atom is 0.259 e. The van der Waals surface area contributed by atoms with Crippen LogP contribution in [0.1, 0.15) is 28.1 Å². The third-order valence-electron chi connectivity index (χ3n) is 2.74. The van der Waals surface area contributed by atoms with Crippen LogP contribution in [0.15, 0.2) is 41.0 Å². The first kappa shape index (κ1) is 13.9. The minimum atomic E-state index is -0.229. The summed E-state index contributed by atoms with van der Waals surface area (Å²) in [6.45, 7) is 1.76. The molecule has 1 aromatic heterocycles. The van der Waals surface area contributed by atoms with E-state index < -0.39 is 0 Å². The molecular formula is C16H15NO3. The predicted octanol–water partition coefficient (Wildman–Crippen LogP) is 2.57. The average molecular weight is 269 g/mol. The van der Waals surface area contributed by atoms with Gasteiger partial charge in [-0.05, 0) is 25.1 Å². The second-order valence-corrected chi connectivity index (χ2v) is 4.17. The van der Waals surface area contributed by atoms with E-state index in [-0.39, 0.29) is 12.5 Å². The van der Waals surface area contributed by atoms with E-state index in [1.807, 2.05) is 18.2 Å². The maximum atomic E-state index is 12.1. The molecule has 0 bridgehead atoms. The van der Waals surface area contributed by atoms with Crippen LogP contribution in [-0.2, 0) is 0 Å². The summed E-state index contributed by atoms with van der Waals surface area (Å²) in [4.78, 5) is 12.1. The Kier molecular flexibility index (Phi) is 4.59. The summed E-state index contributed by atoms with van der Waals surface area (Å²) in [6, 6.07) is 8.92. The standard InChI is InChI=1S/C16H15NO3/c1-12-14(9-11-20-12)16(19)17-15-8-3-2-6-13(15)7-4-5-10-18/h2-3,6,8-9,11,18H,5,10H2,1H3,(H,17,19). The smallest absolute Gasteiger partial charge is 0.259 e. The van der Waals surface area contributed by atoms with Gasteiger partial charge in [0.05, 0.1) is 24.1 Å². The van der Waals surface area contributed by atoms with Crippen LogP contribution in [0, 0.1) is 18.8 Å². The van der Waals surface area contributed by atoms with Crippen molar-refractivity contribution >= 4 is 11.6 Å². The highest BCUT2D eigenvalue weighted by Crippen LogP contribution is 2.17. The van der Waals surface area contributed by atoms with E-state index in [1.165, 1.54) is 6.26 Å². The van der Waals surface area contributed by atoms with Gasteiger partial charge >= 0.3 is 0 Å². The van der Waals surface area contributed by atoms with E-state index in [2.05, 4.69) is 17.2 Å². The number of benzene rings is 1. The van der Waals surface area contributed by atoms with Crippen LogP contribution in [0.3, 0.4) is 0 Å². The van der Waals surface area contributed by atoms with Gasteiger partial charge in [-0.15, -0.1) is 0 Å². The Morgan fingerprint density at radius 1 is 1.35 bits per heavy atom. The molecule has 0 fully saturated rings. The van der Waals surface area contributed by atoms with Crippen molar-refractivity contribution in [2.45, 2.75) is 13.3 Å². The Bertz CT molecular complexity index is 662. The molecule has 2 aromatic rings. The van der Waals surface area contributed by atoms with Crippen molar-refractivity contribution in [2.75, 3.05) is 11.9 Å². The molecule has 2 rings (SSSR count). The van der Waals surface area contributed by atoms with Crippen molar-refractivity contribution in [3.8, 4) is 11.8 Å². The molecule has 0 spiro atoms. The first-order valence-corrected chi connectivity index (χ1v) is 6.26. The van der Waals surface area contributed by atoms with Gasteiger partial charge in [0.1, 0.15) is 5.76 Å². The fourth-order valence-corrected chi connectivity index (χ4v) is 1.72. The third kappa shape index (κ3) is 3.28. The maximum absolute atomic E-state index is 12.1. The molecule has 1 amide bonds. The number of aliphatic hydroxyl groups is 1. The minimum absolute atomic E-state index is 0.0236. The van der Waals surface area contributed by atoms with Crippen LogP contribution in [0.25, 0.3) is 0 Å². The number of para-hydroxylation sites is 1. The highest BCUT2D eigenvalue weighted by atomic mass is 16.3. The van der Waals surface area contributed by atoms with E-state index in [1.54, 1.807) is 19.1 Å². The number of anilines is 1. The Morgan fingerprint density at radius 2 is 2.15 bits per heavy atom. The number of aliphatic hydroxyl groups excluding tert-OH is 1. The molecule has 2 N–H and O–H groups in total. The fourth-order valence-electron chi connectivity index (χ4n) is 1.72. The number of furan rings is 1. The molecular weight excluding hydrogens is 254 g/mol. The van der Waals surface area contributed by atoms with Gasteiger partial charge in [-0.3, -0.25) is 4.79 Å². The number of hydrogen-bond donors (Lipinski definition) is 2. The zero-order valence-corrected chi connectivity index (χ0v) is 11.1. The summed E-state index contributed by atoms with van der Waals surface area (Å²) in [5.74, 6) is 6.12. The lowest BCUT2D eigenvalue weighted by Crippen LogP contribution is -2.13. The molecule has 4 heteroatoms. The van der Waals surface area contributed by atoms with Crippen LogP contribution in [0.5, 0.6) is 0 Å². The molecule has 0 saturated heterocycles. The quantitative estimate of drug-likeness (QED) is 0.842. The fraction of sp³-hybridized carbons (Fsp3) is 0.188. The van der Waals surface area contributed by atoms with Crippen molar-refractivity contribution in [1.82, 2.24) is 0 Å². The van der Waals surface area contributed by atoms with Gasteiger partial charge in [0.15, 0.2) is 0 Å². The van der Waals surface area contributed by atoms with Gasteiger partial charge in [-0.2, -0.15) is 0 Å². The second kappa shape index (κ2) is 6.60. The van der Waals surface area contributed by atoms with Crippen LogP contribution in [-0.4, -0.2) is 17.6 Å². The van der Waals surface area contributed by atoms with Gasteiger partial charge < -0.3 is 14.8 Å². The molecule has 0 aliphatic heterocycles. The van der Waals surface area contributed by atoms with E-state index in [9.17, 15) is 4.79 Å².